The molecule has 1 aliphatic rings. The summed E-state index contributed by atoms with van der Waals surface area (Å²) in [6.45, 7) is 7.09. The summed E-state index contributed by atoms with van der Waals surface area (Å²) < 4.78 is 5.68. The molecule has 0 aliphatic carbocycles. The van der Waals surface area contributed by atoms with Gasteiger partial charge in [0.25, 0.3) is 5.69 Å². The number of ether oxygens (including phenoxy) is 1. The summed E-state index contributed by atoms with van der Waals surface area (Å²) in [6, 6.07) is 10.7. The minimum absolute atomic E-state index is 0.0974. The molecule has 1 saturated heterocycles. The van der Waals surface area contributed by atoms with Crippen molar-refractivity contribution in [3.05, 3.63) is 62.1 Å². The van der Waals surface area contributed by atoms with Gasteiger partial charge in [0.2, 0.25) is 0 Å². The average Bonchev–Trinajstić information content (AvgIpc) is 2.71. The second-order valence-electron chi connectivity index (χ2n) is 7.16. The highest BCUT2D eigenvalue weighted by atomic mass is 35.5. The highest BCUT2D eigenvalue weighted by Crippen LogP contribution is 2.32. The fourth-order valence-electron chi connectivity index (χ4n) is 3.45. The third kappa shape index (κ3) is 5.75. The topological polar surface area (TPSA) is 58.8 Å². The van der Waals surface area contributed by atoms with E-state index in [0.717, 1.165) is 51.3 Å². The standard InChI is InChI=1S/C21H25Cl2N3O3/c1-16-7-8-17(15-20(16)26(27)28)29-14-3-2-9-24-10-12-25(13-11-24)19-6-4-5-18(22)21(19)23/h4-8,15H,2-3,9-14H2,1H3. The number of hydrogen-bond donors (Lipinski definition) is 0. The lowest BCUT2D eigenvalue weighted by molar-refractivity contribution is -0.385. The van der Waals surface area contributed by atoms with E-state index in [2.05, 4.69) is 9.80 Å². The van der Waals surface area contributed by atoms with Crippen LogP contribution in [-0.4, -0.2) is 49.2 Å². The zero-order chi connectivity index (χ0) is 20.8. The van der Waals surface area contributed by atoms with E-state index >= 15 is 0 Å². The number of benzene rings is 2. The normalized spacial score (nSPS) is 14.8. The Labute approximate surface area is 181 Å². The first-order valence-electron chi connectivity index (χ1n) is 9.75. The predicted molar refractivity (Wildman–Crippen MR) is 118 cm³/mol. The third-order valence-electron chi connectivity index (χ3n) is 5.16. The van der Waals surface area contributed by atoms with Crippen LogP contribution in [0.3, 0.4) is 0 Å². The van der Waals surface area contributed by atoms with Crippen LogP contribution in [0.4, 0.5) is 11.4 Å². The van der Waals surface area contributed by atoms with Crippen LogP contribution in [0.1, 0.15) is 18.4 Å². The molecule has 0 saturated carbocycles. The molecule has 0 N–H and O–H groups in total. The summed E-state index contributed by atoms with van der Waals surface area (Å²) in [7, 11) is 0. The van der Waals surface area contributed by atoms with Gasteiger partial charge in [-0.3, -0.25) is 15.0 Å². The van der Waals surface area contributed by atoms with E-state index in [0.29, 0.717) is 28.0 Å². The van der Waals surface area contributed by atoms with Crippen LogP contribution in [-0.2, 0) is 0 Å². The number of piperazine rings is 1. The van der Waals surface area contributed by atoms with Crippen LogP contribution in [0.25, 0.3) is 0 Å². The molecule has 1 heterocycles. The van der Waals surface area contributed by atoms with Crippen molar-refractivity contribution >= 4 is 34.6 Å². The van der Waals surface area contributed by atoms with E-state index in [9.17, 15) is 10.1 Å². The number of unbranched alkanes of at least 4 members (excludes halogenated alkanes) is 1. The molecular weight excluding hydrogens is 413 g/mol. The SMILES string of the molecule is Cc1ccc(OCCCCN2CCN(c3cccc(Cl)c3Cl)CC2)cc1[N+](=O)[O-]. The molecule has 156 valence electrons. The number of nitro groups is 1. The van der Waals surface area contributed by atoms with Crippen molar-refractivity contribution < 1.29 is 9.66 Å². The molecule has 0 spiro atoms. The van der Waals surface area contributed by atoms with Crippen LogP contribution in [0.2, 0.25) is 10.0 Å². The predicted octanol–water partition coefficient (Wildman–Crippen LogP) is 5.19. The van der Waals surface area contributed by atoms with E-state index in [-0.39, 0.29) is 10.6 Å². The van der Waals surface area contributed by atoms with Gasteiger partial charge in [-0.2, -0.15) is 0 Å². The molecule has 6 nitrogen and oxygen atoms in total. The van der Waals surface area contributed by atoms with Crippen molar-refractivity contribution in [3.63, 3.8) is 0 Å². The number of hydrogen-bond acceptors (Lipinski definition) is 5. The summed E-state index contributed by atoms with van der Waals surface area (Å²) >= 11 is 12.5. The summed E-state index contributed by atoms with van der Waals surface area (Å²) in [4.78, 5) is 15.3. The molecule has 0 radical (unpaired) electrons. The molecule has 8 heteroatoms. The molecule has 0 bridgehead atoms. The van der Waals surface area contributed by atoms with Gasteiger partial charge in [0.05, 0.1) is 33.3 Å². The fraction of sp³-hybridized carbons (Fsp3) is 0.429. The first-order valence-corrected chi connectivity index (χ1v) is 10.5. The number of anilines is 1. The van der Waals surface area contributed by atoms with E-state index in [4.69, 9.17) is 27.9 Å². The minimum Gasteiger partial charge on any atom is -0.493 e. The van der Waals surface area contributed by atoms with Crippen LogP contribution >= 0.6 is 23.2 Å². The highest BCUT2D eigenvalue weighted by Gasteiger charge is 2.19. The zero-order valence-corrected chi connectivity index (χ0v) is 18.0. The minimum atomic E-state index is -0.377. The lowest BCUT2D eigenvalue weighted by atomic mass is 10.2. The Bertz CT molecular complexity index is 855. The molecule has 0 atom stereocenters. The molecule has 0 amide bonds. The highest BCUT2D eigenvalue weighted by molar-refractivity contribution is 6.43. The maximum atomic E-state index is 11.0. The first-order chi connectivity index (χ1) is 14.0. The Balaban J connectivity index is 1.37. The zero-order valence-electron chi connectivity index (χ0n) is 16.4. The largest absolute Gasteiger partial charge is 0.493 e. The lowest BCUT2D eigenvalue weighted by Gasteiger charge is -2.36. The van der Waals surface area contributed by atoms with E-state index < -0.39 is 0 Å². The Kier molecular flexibility index (Phi) is 7.58. The van der Waals surface area contributed by atoms with Crippen molar-refractivity contribution in [3.8, 4) is 5.75 Å². The fourth-order valence-corrected chi connectivity index (χ4v) is 3.87. The van der Waals surface area contributed by atoms with Gasteiger partial charge in [0.1, 0.15) is 5.75 Å². The quantitative estimate of drug-likeness (QED) is 0.323. The van der Waals surface area contributed by atoms with E-state index in [1.165, 1.54) is 6.07 Å². The monoisotopic (exact) mass is 437 g/mol. The molecule has 2 aromatic rings. The van der Waals surface area contributed by atoms with Gasteiger partial charge in [-0.15, -0.1) is 0 Å². The van der Waals surface area contributed by atoms with Crippen molar-refractivity contribution in [2.24, 2.45) is 0 Å². The molecular formula is C21H25Cl2N3O3. The van der Waals surface area contributed by atoms with E-state index in [1.807, 2.05) is 12.1 Å². The number of aryl methyl sites for hydroxylation is 1. The molecule has 3 rings (SSSR count). The maximum Gasteiger partial charge on any atom is 0.275 e. The van der Waals surface area contributed by atoms with E-state index in [1.54, 1.807) is 25.1 Å². The number of rotatable bonds is 8. The van der Waals surface area contributed by atoms with Gasteiger partial charge in [0.15, 0.2) is 0 Å². The summed E-state index contributed by atoms with van der Waals surface area (Å²) in [5, 5.41) is 12.2. The van der Waals surface area contributed by atoms with Gasteiger partial charge >= 0.3 is 0 Å². The van der Waals surface area contributed by atoms with Gasteiger partial charge in [-0.25, -0.2) is 0 Å². The molecule has 29 heavy (non-hydrogen) atoms. The molecule has 1 fully saturated rings. The molecule has 0 unspecified atom stereocenters. The summed E-state index contributed by atoms with van der Waals surface area (Å²) in [6.07, 6.45) is 1.92. The Morgan fingerprint density at radius 2 is 1.86 bits per heavy atom. The summed E-state index contributed by atoms with van der Waals surface area (Å²) in [5.41, 5.74) is 1.74. The Morgan fingerprint density at radius 3 is 2.59 bits per heavy atom. The van der Waals surface area contributed by atoms with Crippen molar-refractivity contribution in [2.75, 3.05) is 44.2 Å². The third-order valence-corrected chi connectivity index (χ3v) is 5.97. The van der Waals surface area contributed by atoms with Crippen LogP contribution in [0, 0.1) is 17.0 Å². The maximum absolute atomic E-state index is 11.0. The van der Waals surface area contributed by atoms with Crippen molar-refractivity contribution in [1.82, 2.24) is 4.90 Å². The Morgan fingerprint density at radius 1 is 1.10 bits per heavy atom. The average molecular weight is 438 g/mol. The van der Waals surface area contributed by atoms with Gasteiger partial charge in [-0.05, 0) is 50.6 Å². The van der Waals surface area contributed by atoms with Gasteiger partial charge < -0.3 is 9.64 Å². The second kappa shape index (κ2) is 10.1. The molecule has 2 aromatic carbocycles. The summed E-state index contributed by atoms with van der Waals surface area (Å²) in [5.74, 6) is 0.550. The lowest BCUT2D eigenvalue weighted by Crippen LogP contribution is -2.46. The van der Waals surface area contributed by atoms with Gasteiger partial charge in [-0.1, -0.05) is 29.3 Å². The molecule has 1 aliphatic heterocycles. The van der Waals surface area contributed by atoms with Gasteiger partial charge in [0, 0.05) is 31.7 Å². The van der Waals surface area contributed by atoms with Crippen molar-refractivity contribution in [2.45, 2.75) is 19.8 Å². The van der Waals surface area contributed by atoms with Crippen molar-refractivity contribution in [1.29, 1.82) is 0 Å². The van der Waals surface area contributed by atoms with Crippen LogP contribution < -0.4 is 9.64 Å². The number of nitro benzene ring substituents is 1. The van der Waals surface area contributed by atoms with Crippen LogP contribution in [0.15, 0.2) is 36.4 Å². The smallest absolute Gasteiger partial charge is 0.275 e. The Hall–Kier alpha value is -2.02. The number of nitrogens with zero attached hydrogens (tertiary/aromatic N) is 3. The van der Waals surface area contributed by atoms with Crippen LogP contribution in [0.5, 0.6) is 5.75 Å². The first kappa shape index (κ1) is 21.7. The molecule has 0 aromatic heterocycles. The number of halogens is 2. The second-order valence-corrected chi connectivity index (χ2v) is 7.95.